The van der Waals surface area contributed by atoms with Crippen LogP contribution in [0.25, 0.3) is 0 Å². The average Bonchev–Trinajstić information content (AvgIpc) is 2.64. The Labute approximate surface area is 109 Å². The fourth-order valence-corrected chi connectivity index (χ4v) is 2.92. The zero-order valence-electron chi connectivity index (χ0n) is 11.7. The van der Waals surface area contributed by atoms with Crippen LogP contribution in [0.1, 0.15) is 37.6 Å². The molecule has 1 saturated heterocycles. The van der Waals surface area contributed by atoms with E-state index in [1.165, 1.54) is 5.69 Å². The van der Waals surface area contributed by atoms with Gasteiger partial charge in [-0.15, -0.1) is 0 Å². The van der Waals surface area contributed by atoms with Crippen LogP contribution in [-0.4, -0.2) is 31.0 Å². The first-order valence-electron chi connectivity index (χ1n) is 6.52. The van der Waals surface area contributed by atoms with Crippen LogP contribution in [0.5, 0.6) is 0 Å². The van der Waals surface area contributed by atoms with Crippen molar-refractivity contribution in [2.45, 2.75) is 38.8 Å². The van der Waals surface area contributed by atoms with Crippen molar-refractivity contribution in [3.05, 3.63) is 29.8 Å². The highest BCUT2D eigenvalue weighted by molar-refractivity contribution is 5.94. The summed E-state index contributed by atoms with van der Waals surface area (Å²) in [5.74, 6) is 0.121. The number of nitrogens with one attached hydrogen (secondary N) is 1. The lowest BCUT2D eigenvalue weighted by atomic mass is 9.95. The van der Waals surface area contributed by atoms with Gasteiger partial charge in [0.2, 0.25) is 0 Å². The molecule has 3 nitrogen and oxygen atoms in total. The predicted octanol–water partition coefficient (Wildman–Crippen LogP) is 2.47. The number of hydrogen-bond donors (Lipinski definition) is 1. The zero-order valence-corrected chi connectivity index (χ0v) is 11.7. The van der Waals surface area contributed by atoms with Gasteiger partial charge in [-0.3, -0.25) is 4.79 Å². The molecular weight excluding hydrogens is 224 g/mol. The number of Topliss-reactive ketones (excluding diaryl/α,β-unsaturated/α-hetero) is 1. The number of carbonyl (C=O) groups is 1. The van der Waals surface area contributed by atoms with Crippen molar-refractivity contribution in [3.8, 4) is 0 Å². The van der Waals surface area contributed by atoms with E-state index in [1.54, 1.807) is 6.92 Å². The van der Waals surface area contributed by atoms with E-state index in [1.807, 2.05) is 19.2 Å². The maximum atomic E-state index is 11.3. The van der Waals surface area contributed by atoms with Crippen molar-refractivity contribution in [1.29, 1.82) is 0 Å². The SMILES string of the molecule is CNC1CCN(c2ccc(C(C)=O)cc2)C1(C)C. The molecule has 1 N–H and O–H groups in total. The van der Waals surface area contributed by atoms with Gasteiger partial charge in [-0.1, -0.05) is 0 Å². The van der Waals surface area contributed by atoms with Crippen molar-refractivity contribution >= 4 is 11.5 Å². The number of anilines is 1. The third-order valence-corrected chi connectivity index (χ3v) is 4.12. The highest BCUT2D eigenvalue weighted by atomic mass is 16.1. The second kappa shape index (κ2) is 4.73. The van der Waals surface area contributed by atoms with Gasteiger partial charge >= 0.3 is 0 Å². The molecule has 2 rings (SSSR count). The second-order valence-corrected chi connectivity index (χ2v) is 5.54. The molecule has 0 aromatic heterocycles. The number of benzene rings is 1. The van der Waals surface area contributed by atoms with Gasteiger partial charge in [-0.25, -0.2) is 0 Å². The quantitative estimate of drug-likeness (QED) is 0.832. The fourth-order valence-electron chi connectivity index (χ4n) is 2.92. The minimum Gasteiger partial charge on any atom is -0.365 e. The fraction of sp³-hybridized carbons (Fsp3) is 0.533. The van der Waals surface area contributed by atoms with E-state index in [0.717, 1.165) is 18.5 Å². The van der Waals surface area contributed by atoms with Gasteiger partial charge in [-0.2, -0.15) is 0 Å². The van der Waals surface area contributed by atoms with Crippen molar-refractivity contribution in [1.82, 2.24) is 5.32 Å². The smallest absolute Gasteiger partial charge is 0.159 e. The molecule has 1 aromatic carbocycles. The zero-order chi connectivity index (χ0) is 13.3. The molecule has 0 saturated carbocycles. The van der Waals surface area contributed by atoms with Gasteiger partial charge in [0.15, 0.2) is 5.78 Å². The molecule has 0 radical (unpaired) electrons. The molecule has 1 atom stereocenters. The summed E-state index contributed by atoms with van der Waals surface area (Å²) in [6.07, 6.45) is 1.15. The van der Waals surface area contributed by atoms with E-state index in [0.29, 0.717) is 6.04 Å². The molecular formula is C15H22N2O. The van der Waals surface area contributed by atoms with Crippen LogP contribution in [0.3, 0.4) is 0 Å². The molecule has 3 heteroatoms. The highest BCUT2D eigenvalue weighted by Gasteiger charge is 2.40. The number of rotatable bonds is 3. The van der Waals surface area contributed by atoms with E-state index in [4.69, 9.17) is 0 Å². The third kappa shape index (κ3) is 2.15. The van der Waals surface area contributed by atoms with Gasteiger partial charge < -0.3 is 10.2 Å². The van der Waals surface area contributed by atoms with Crippen molar-refractivity contribution in [3.63, 3.8) is 0 Å². The Morgan fingerprint density at radius 2 is 1.94 bits per heavy atom. The molecule has 0 aliphatic carbocycles. The van der Waals surface area contributed by atoms with Crippen LogP contribution >= 0.6 is 0 Å². The molecule has 98 valence electrons. The first-order chi connectivity index (χ1) is 8.46. The topological polar surface area (TPSA) is 32.3 Å². The maximum absolute atomic E-state index is 11.3. The first-order valence-corrected chi connectivity index (χ1v) is 6.52. The monoisotopic (exact) mass is 246 g/mol. The van der Waals surface area contributed by atoms with Crippen LogP contribution in [0, 0.1) is 0 Å². The summed E-state index contributed by atoms with van der Waals surface area (Å²) < 4.78 is 0. The van der Waals surface area contributed by atoms with E-state index in [9.17, 15) is 4.79 Å². The molecule has 1 aliphatic heterocycles. The van der Waals surface area contributed by atoms with Gasteiger partial charge in [0.1, 0.15) is 0 Å². The summed E-state index contributed by atoms with van der Waals surface area (Å²) in [6.45, 7) is 7.18. The lowest BCUT2D eigenvalue weighted by Gasteiger charge is -2.37. The van der Waals surface area contributed by atoms with E-state index >= 15 is 0 Å². The lowest BCUT2D eigenvalue weighted by Crippen LogP contribution is -2.50. The van der Waals surface area contributed by atoms with Crippen LogP contribution < -0.4 is 10.2 Å². The minimum absolute atomic E-state index is 0.104. The van der Waals surface area contributed by atoms with Crippen LogP contribution in [0.2, 0.25) is 0 Å². The van der Waals surface area contributed by atoms with E-state index in [-0.39, 0.29) is 11.3 Å². The Hall–Kier alpha value is -1.35. The molecule has 1 fully saturated rings. The van der Waals surface area contributed by atoms with Crippen molar-refractivity contribution < 1.29 is 4.79 Å². The summed E-state index contributed by atoms with van der Waals surface area (Å²) in [7, 11) is 2.02. The Kier molecular flexibility index (Phi) is 3.44. The Morgan fingerprint density at radius 3 is 2.39 bits per heavy atom. The van der Waals surface area contributed by atoms with Gasteiger partial charge in [0, 0.05) is 29.4 Å². The van der Waals surface area contributed by atoms with Gasteiger partial charge in [-0.05, 0) is 58.5 Å². The van der Waals surface area contributed by atoms with Crippen molar-refractivity contribution in [2.24, 2.45) is 0 Å². The molecule has 1 aromatic rings. The molecule has 1 aliphatic rings. The summed E-state index contributed by atoms with van der Waals surface area (Å²) in [6, 6.07) is 8.44. The van der Waals surface area contributed by atoms with Crippen LogP contribution in [-0.2, 0) is 0 Å². The Morgan fingerprint density at radius 1 is 1.33 bits per heavy atom. The maximum Gasteiger partial charge on any atom is 0.159 e. The predicted molar refractivity (Wildman–Crippen MR) is 75.3 cm³/mol. The van der Waals surface area contributed by atoms with Crippen LogP contribution in [0.4, 0.5) is 5.69 Å². The normalized spacial score (nSPS) is 22.2. The molecule has 18 heavy (non-hydrogen) atoms. The Balaban J connectivity index is 2.25. The summed E-state index contributed by atoms with van der Waals surface area (Å²) >= 11 is 0. The third-order valence-electron chi connectivity index (χ3n) is 4.12. The van der Waals surface area contributed by atoms with E-state index < -0.39 is 0 Å². The summed E-state index contributed by atoms with van der Waals surface area (Å²) in [4.78, 5) is 13.7. The number of carbonyl (C=O) groups excluding carboxylic acids is 1. The summed E-state index contributed by atoms with van der Waals surface area (Å²) in [5.41, 5.74) is 2.08. The average molecular weight is 246 g/mol. The minimum atomic E-state index is 0.104. The first kappa shape index (κ1) is 13.1. The second-order valence-electron chi connectivity index (χ2n) is 5.54. The number of ketones is 1. The lowest BCUT2D eigenvalue weighted by molar-refractivity contribution is 0.101. The number of nitrogens with zero attached hydrogens (tertiary/aromatic N) is 1. The largest absolute Gasteiger partial charge is 0.365 e. The van der Waals surface area contributed by atoms with Gasteiger partial charge in [0.25, 0.3) is 0 Å². The molecule has 1 heterocycles. The standard InChI is InChI=1S/C15H22N2O/c1-11(18)12-5-7-13(8-6-12)17-10-9-14(16-4)15(17,2)3/h5-8,14,16H,9-10H2,1-4H3. The highest BCUT2D eigenvalue weighted by Crippen LogP contribution is 2.33. The van der Waals surface area contributed by atoms with E-state index in [2.05, 4.69) is 36.2 Å². The Bertz CT molecular complexity index is 436. The molecule has 0 bridgehead atoms. The summed E-state index contributed by atoms with van der Waals surface area (Å²) in [5, 5.41) is 3.39. The molecule has 0 amide bonds. The molecule has 0 spiro atoms. The number of hydrogen-bond acceptors (Lipinski definition) is 3. The molecule has 1 unspecified atom stereocenters. The van der Waals surface area contributed by atoms with Crippen LogP contribution in [0.15, 0.2) is 24.3 Å². The van der Waals surface area contributed by atoms with Crippen molar-refractivity contribution in [2.75, 3.05) is 18.5 Å². The van der Waals surface area contributed by atoms with Gasteiger partial charge in [0.05, 0.1) is 0 Å². The number of likely N-dealkylation sites (N-methyl/N-ethyl adjacent to an activating group) is 1.